The minimum absolute atomic E-state index is 0.243. The van der Waals surface area contributed by atoms with E-state index in [0.29, 0.717) is 28.1 Å². The Kier molecular flexibility index (Phi) is 5.59. The van der Waals surface area contributed by atoms with Crippen LogP contribution < -0.4 is 10.6 Å². The molecule has 0 aliphatic heterocycles. The molecule has 0 saturated carbocycles. The van der Waals surface area contributed by atoms with Crippen molar-refractivity contribution in [3.63, 3.8) is 0 Å². The number of amides is 2. The maximum absolute atomic E-state index is 12.5. The summed E-state index contributed by atoms with van der Waals surface area (Å²) in [6.07, 6.45) is 0. The fourth-order valence-corrected chi connectivity index (χ4v) is 2.56. The summed E-state index contributed by atoms with van der Waals surface area (Å²) in [4.78, 5) is 39.2. The van der Waals surface area contributed by atoms with Gasteiger partial charge < -0.3 is 20.4 Å². The third-order valence-electron chi connectivity index (χ3n) is 3.75. The van der Waals surface area contributed by atoms with Crippen molar-refractivity contribution in [1.29, 1.82) is 0 Å². The van der Waals surface area contributed by atoms with Crippen LogP contribution in [0, 0.1) is 13.8 Å². The Morgan fingerprint density at radius 2 is 1.88 bits per heavy atom. The Hall–Kier alpha value is -3.09. The second kappa shape index (κ2) is 7.65. The van der Waals surface area contributed by atoms with Crippen LogP contribution in [-0.2, 0) is 4.74 Å². The smallest absolute Gasteiger partial charge is 0.340 e. The zero-order chi connectivity index (χ0) is 18.6. The van der Waals surface area contributed by atoms with Crippen LogP contribution in [0.3, 0.4) is 0 Å². The number of benzene rings is 1. The lowest BCUT2D eigenvalue weighted by atomic mass is 10.1. The van der Waals surface area contributed by atoms with E-state index in [9.17, 15) is 14.4 Å². The number of carbonyl (C=O) groups excluding carboxylic acids is 3. The van der Waals surface area contributed by atoms with Gasteiger partial charge in [0.2, 0.25) is 0 Å². The minimum atomic E-state index is -0.464. The number of esters is 1. The molecule has 0 saturated heterocycles. The lowest BCUT2D eigenvalue weighted by Gasteiger charge is -2.07. The molecule has 7 nitrogen and oxygen atoms in total. The molecule has 1 heterocycles. The van der Waals surface area contributed by atoms with Crippen LogP contribution in [0.4, 0.5) is 5.69 Å². The number of hydrogen-bond acceptors (Lipinski definition) is 4. The van der Waals surface area contributed by atoms with Crippen molar-refractivity contribution in [2.24, 2.45) is 0 Å². The molecule has 1 aromatic carbocycles. The van der Waals surface area contributed by atoms with Gasteiger partial charge in [-0.05, 0) is 44.5 Å². The molecule has 2 aromatic rings. The topological polar surface area (TPSA) is 100 Å². The van der Waals surface area contributed by atoms with Gasteiger partial charge in [0.1, 0.15) is 5.69 Å². The number of aromatic nitrogens is 1. The summed E-state index contributed by atoms with van der Waals surface area (Å²) < 4.78 is 5.02. The number of hydrogen-bond donors (Lipinski definition) is 3. The van der Waals surface area contributed by atoms with Gasteiger partial charge in [0.25, 0.3) is 11.8 Å². The first-order valence-corrected chi connectivity index (χ1v) is 7.88. The summed E-state index contributed by atoms with van der Waals surface area (Å²) in [5, 5.41) is 5.26. The van der Waals surface area contributed by atoms with Crippen LogP contribution in [0.15, 0.2) is 24.3 Å². The van der Waals surface area contributed by atoms with Gasteiger partial charge in [0.05, 0.1) is 12.2 Å². The number of rotatable bonds is 5. The number of nitrogens with one attached hydrogen (secondary N) is 3. The van der Waals surface area contributed by atoms with Gasteiger partial charge in [-0.2, -0.15) is 0 Å². The fourth-order valence-electron chi connectivity index (χ4n) is 2.56. The van der Waals surface area contributed by atoms with Crippen LogP contribution in [0.25, 0.3) is 0 Å². The molecule has 132 valence electrons. The summed E-state index contributed by atoms with van der Waals surface area (Å²) in [6, 6.07) is 6.59. The largest absolute Gasteiger partial charge is 0.462 e. The highest BCUT2D eigenvalue weighted by molar-refractivity contribution is 6.07. The van der Waals surface area contributed by atoms with Crippen molar-refractivity contribution in [3.05, 3.63) is 52.3 Å². The van der Waals surface area contributed by atoms with E-state index in [1.807, 2.05) is 0 Å². The molecule has 0 radical (unpaired) electrons. The molecule has 0 atom stereocenters. The van der Waals surface area contributed by atoms with E-state index in [2.05, 4.69) is 15.6 Å². The van der Waals surface area contributed by atoms with Crippen molar-refractivity contribution in [3.8, 4) is 0 Å². The lowest BCUT2D eigenvalue weighted by molar-refractivity contribution is 0.0525. The van der Waals surface area contributed by atoms with E-state index < -0.39 is 11.9 Å². The molecule has 7 heteroatoms. The quantitative estimate of drug-likeness (QED) is 0.726. The van der Waals surface area contributed by atoms with Crippen molar-refractivity contribution >= 4 is 23.5 Å². The molecule has 1 aromatic heterocycles. The van der Waals surface area contributed by atoms with Crippen molar-refractivity contribution in [2.75, 3.05) is 19.0 Å². The Labute approximate surface area is 145 Å². The highest BCUT2D eigenvalue weighted by atomic mass is 16.5. The zero-order valence-electron chi connectivity index (χ0n) is 14.6. The first-order valence-electron chi connectivity index (χ1n) is 7.88. The first-order chi connectivity index (χ1) is 11.9. The van der Waals surface area contributed by atoms with Crippen molar-refractivity contribution < 1.29 is 19.1 Å². The third kappa shape index (κ3) is 3.88. The number of carbonyl (C=O) groups is 3. The maximum Gasteiger partial charge on any atom is 0.340 e. The van der Waals surface area contributed by atoms with Crippen molar-refractivity contribution in [1.82, 2.24) is 10.3 Å². The van der Waals surface area contributed by atoms with E-state index in [0.717, 1.165) is 0 Å². The number of anilines is 1. The van der Waals surface area contributed by atoms with Gasteiger partial charge in [-0.1, -0.05) is 6.07 Å². The molecular weight excluding hydrogens is 322 g/mol. The Morgan fingerprint density at radius 1 is 1.16 bits per heavy atom. The van der Waals surface area contributed by atoms with Crippen molar-refractivity contribution in [2.45, 2.75) is 20.8 Å². The van der Waals surface area contributed by atoms with E-state index in [4.69, 9.17) is 4.74 Å². The van der Waals surface area contributed by atoms with E-state index in [1.54, 1.807) is 45.0 Å². The molecule has 0 unspecified atom stereocenters. The summed E-state index contributed by atoms with van der Waals surface area (Å²) >= 11 is 0. The predicted octanol–water partition coefficient (Wildman–Crippen LogP) is 2.42. The summed E-state index contributed by atoms with van der Waals surface area (Å²) in [5.41, 5.74) is 2.66. The summed E-state index contributed by atoms with van der Waals surface area (Å²) in [6.45, 7) is 5.38. The number of aryl methyl sites for hydroxylation is 1. The van der Waals surface area contributed by atoms with E-state index in [1.165, 1.54) is 7.05 Å². The highest BCUT2D eigenvalue weighted by Gasteiger charge is 2.23. The molecule has 0 fully saturated rings. The van der Waals surface area contributed by atoms with E-state index >= 15 is 0 Å². The zero-order valence-corrected chi connectivity index (χ0v) is 14.6. The summed E-state index contributed by atoms with van der Waals surface area (Å²) in [7, 11) is 1.54. The molecule has 3 N–H and O–H groups in total. The fraction of sp³-hybridized carbons (Fsp3) is 0.278. The van der Waals surface area contributed by atoms with Crippen LogP contribution in [-0.4, -0.2) is 36.4 Å². The Balaban J connectivity index is 2.26. The van der Waals surface area contributed by atoms with Crippen LogP contribution >= 0.6 is 0 Å². The minimum Gasteiger partial charge on any atom is -0.462 e. The van der Waals surface area contributed by atoms with Gasteiger partial charge in [0, 0.05) is 24.0 Å². The monoisotopic (exact) mass is 343 g/mol. The third-order valence-corrected chi connectivity index (χ3v) is 3.75. The maximum atomic E-state index is 12.5. The van der Waals surface area contributed by atoms with E-state index in [-0.39, 0.29) is 18.2 Å². The standard InChI is InChI=1S/C18H21N3O4/c1-5-25-18(24)14-10(2)15(20-11(14)3)17(23)21-13-8-6-7-12(9-13)16(22)19-4/h6-9,20H,5H2,1-4H3,(H,19,22)(H,21,23). The highest BCUT2D eigenvalue weighted by Crippen LogP contribution is 2.20. The number of ether oxygens (including phenoxy) is 1. The average Bonchev–Trinajstić information content (AvgIpc) is 2.89. The Morgan fingerprint density at radius 3 is 2.52 bits per heavy atom. The molecule has 2 rings (SSSR count). The normalized spacial score (nSPS) is 10.2. The SMILES string of the molecule is CCOC(=O)c1c(C)[nH]c(C(=O)Nc2cccc(C(=O)NC)c2)c1C. The van der Waals surface area contributed by atoms with Crippen LogP contribution in [0.5, 0.6) is 0 Å². The predicted molar refractivity (Wildman–Crippen MR) is 94.0 cm³/mol. The Bertz CT molecular complexity index is 824. The lowest BCUT2D eigenvalue weighted by Crippen LogP contribution is -2.18. The average molecular weight is 343 g/mol. The van der Waals surface area contributed by atoms with Crippen LogP contribution in [0.1, 0.15) is 49.4 Å². The van der Waals surface area contributed by atoms with Gasteiger partial charge in [-0.25, -0.2) is 4.79 Å². The van der Waals surface area contributed by atoms with Gasteiger partial charge in [-0.15, -0.1) is 0 Å². The van der Waals surface area contributed by atoms with Gasteiger partial charge in [-0.3, -0.25) is 9.59 Å². The first kappa shape index (κ1) is 18.3. The summed E-state index contributed by atoms with van der Waals surface area (Å²) in [5.74, 6) is -1.10. The molecule has 0 aliphatic carbocycles. The molecule has 0 bridgehead atoms. The van der Waals surface area contributed by atoms with Crippen LogP contribution in [0.2, 0.25) is 0 Å². The molecular formula is C18H21N3O4. The van der Waals surface area contributed by atoms with Gasteiger partial charge in [0.15, 0.2) is 0 Å². The number of aromatic amines is 1. The molecule has 0 aliphatic rings. The molecule has 0 spiro atoms. The number of H-pyrrole nitrogens is 1. The molecule has 2 amide bonds. The van der Waals surface area contributed by atoms with Gasteiger partial charge >= 0.3 is 5.97 Å². The second-order valence-corrected chi connectivity index (χ2v) is 5.46. The molecule has 25 heavy (non-hydrogen) atoms. The second-order valence-electron chi connectivity index (χ2n) is 5.46.